The van der Waals surface area contributed by atoms with Crippen molar-refractivity contribution in [3.63, 3.8) is 0 Å². The Morgan fingerprint density at radius 3 is 2.80 bits per heavy atom. The summed E-state index contributed by atoms with van der Waals surface area (Å²) in [5.41, 5.74) is 1.09. The van der Waals surface area contributed by atoms with Crippen molar-refractivity contribution in [3.8, 4) is 0 Å². The predicted octanol–water partition coefficient (Wildman–Crippen LogP) is 1.19. The van der Waals surface area contributed by atoms with Crippen molar-refractivity contribution in [3.05, 3.63) is 17.5 Å². The number of hydrogen-bond acceptors (Lipinski definition) is 5. The van der Waals surface area contributed by atoms with Gasteiger partial charge in [-0.05, 0) is 19.3 Å². The van der Waals surface area contributed by atoms with Crippen LogP contribution in [0.1, 0.15) is 35.3 Å². The molecule has 1 fully saturated rings. The molecule has 0 saturated heterocycles. The van der Waals surface area contributed by atoms with Gasteiger partial charge in [0.25, 0.3) is 5.91 Å². The summed E-state index contributed by atoms with van der Waals surface area (Å²) in [5.74, 6) is -0.248. The van der Waals surface area contributed by atoms with Gasteiger partial charge in [-0.3, -0.25) is 9.63 Å². The number of rotatable bonds is 7. The minimum Gasteiger partial charge on any atom is -0.372 e. The average Bonchev–Trinajstić information content (AvgIpc) is 2.78. The predicted molar refractivity (Wildman–Crippen MR) is 70.8 cm³/mol. The molecule has 20 heavy (non-hydrogen) atoms. The van der Waals surface area contributed by atoms with Crippen molar-refractivity contribution in [1.29, 1.82) is 0 Å². The van der Waals surface area contributed by atoms with Crippen LogP contribution in [0, 0.1) is 0 Å². The molecular weight excluding hydrogens is 262 g/mol. The summed E-state index contributed by atoms with van der Waals surface area (Å²) < 4.78 is 12.3. The summed E-state index contributed by atoms with van der Waals surface area (Å²) in [7, 11) is 4.59. The summed E-state index contributed by atoms with van der Waals surface area (Å²) in [5, 5.41) is 5.50. The Bertz CT molecular complexity index is 456. The number of amides is 1. The lowest BCUT2D eigenvalue weighted by Gasteiger charge is -2.25. The van der Waals surface area contributed by atoms with E-state index in [2.05, 4.69) is 5.10 Å². The van der Waals surface area contributed by atoms with Crippen molar-refractivity contribution in [2.24, 2.45) is 0 Å². The van der Waals surface area contributed by atoms with E-state index in [1.807, 2.05) is 0 Å². The third-order valence-electron chi connectivity index (χ3n) is 3.40. The minimum atomic E-state index is -0.248. The van der Waals surface area contributed by atoms with Gasteiger partial charge in [0.05, 0.1) is 25.4 Å². The van der Waals surface area contributed by atoms with Gasteiger partial charge in [-0.15, -0.1) is 0 Å². The van der Waals surface area contributed by atoms with Crippen LogP contribution < -0.4 is 0 Å². The van der Waals surface area contributed by atoms with Crippen LogP contribution in [0.15, 0.2) is 6.20 Å². The van der Waals surface area contributed by atoms with Crippen LogP contribution in [-0.4, -0.2) is 48.1 Å². The van der Waals surface area contributed by atoms with E-state index in [1.54, 1.807) is 25.0 Å². The Kier molecular flexibility index (Phi) is 5.11. The molecule has 7 heteroatoms. The van der Waals surface area contributed by atoms with E-state index < -0.39 is 0 Å². The number of ether oxygens (including phenoxy) is 2. The van der Waals surface area contributed by atoms with E-state index in [1.165, 1.54) is 18.6 Å². The Hall–Kier alpha value is -1.44. The Morgan fingerprint density at radius 2 is 2.25 bits per heavy atom. The average molecular weight is 283 g/mol. The van der Waals surface area contributed by atoms with E-state index in [9.17, 15) is 4.79 Å². The molecule has 112 valence electrons. The summed E-state index contributed by atoms with van der Waals surface area (Å²) in [4.78, 5) is 17.1. The molecule has 1 aliphatic rings. The highest BCUT2D eigenvalue weighted by molar-refractivity contribution is 5.94. The molecule has 1 aromatic rings. The molecule has 1 amide bonds. The SMILES string of the molecule is COCn1cc(C(=O)N(C)OC)c(COC2CCC2)n1. The summed E-state index contributed by atoms with van der Waals surface area (Å²) in [6.07, 6.45) is 5.33. The van der Waals surface area contributed by atoms with Gasteiger partial charge in [0.15, 0.2) is 0 Å². The summed E-state index contributed by atoms with van der Waals surface area (Å²) in [6, 6.07) is 0. The summed E-state index contributed by atoms with van der Waals surface area (Å²) in [6.45, 7) is 0.625. The van der Waals surface area contributed by atoms with Crippen LogP contribution in [-0.2, 0) is 27.6 Å². The number of carbonyl (C=O) groups excluding carboxylic acids is 1. The number of hydroxylamine groups is 2. The lowest BCUT2D eigenvalue weighted by molar-refractivity contribution is -0.0760. The molecule has 0 aliphatic heterocycles. The number of methoxy groups -OCH3 is 1. The third kappa shape index (κ3) is 3.36. The van der Waals surface area contributed by atoms with E-state index in [4.69, 9.17) is 14.3 Å². The molecule has 0 N–H and O–H groups in total. The highest BCUT2D eigenvalue weighted by Gasteiger charge is 2.23. The topological polar surface area (TPSA) is 65.8 Å². The zero-order chi connectivity index (χ0) is 14.5. The van der Waals surface area contributed by atoms with E-state index in [-0.39, 0.29) is 5.91 Å². The van der Waals surface area contributed by atoms with Crippen LogP contribution >= 0.6 is 0 Å². The highest BCUT2D eigenvalue weighted by atomic mass is 16.7. The summed E-state index contributed by atoms with van der Waals surface area (Å²) >= 11 is 0. The first kappa shape index (κ1) is 15.0. The van der Waals surface area contributed by atoms with E-state index >= 15 is 0 Å². The van der Waals surface area contributed by atoms with Crippen LogP contribution in [0.4, 0.5) is 0 Å². The lowest BCUT2D eigenvalue weighted by atomic mass is 9.96. The fourth-order valence-corrected chi connectivity index (χ4v) is 1.93. The molecule has 0 bridgehead atoms. The van der Waals surface area contributed by atoms with Crippen molar-refractivity contribution >= 4 is 5.91 Å². The Labute approximate surface area is 118 Å². The van der Waals surface area contributed by atoms with Gasteiger partial charge in [-0.25, -0.2) is 9.75 Å². The number of nitrogens with zero attached hydrogens (tertiary/aromatic N) is 3. The van der Waals surface area contributed by atoms with Crippen molar-refractivity contribution in [2.75, 3.05) is 21.3 Å². The quantitative estimate of drug-likeness (QED) is 0.703. The van der Waals surface area contributed by atoms with Gasteiger partial charge in [-0.2, -0.15) is 5.10 Å². The molecule has 0 atom stereocenters. The normalized spacial score (nSPS) is 15.2. The third-order valence-corrected chi connectivity index (χ3v) is 3.40. The van der Waals surface area contributed by atoms with Crippen molar-refractivity contribution < 1.29 is 19.1 Å². The number of carbonyl (C=O) groups is 1. The van der Waals surface area contributed by atoms with Gasteiger partial charge >= 0.3 is 0 Å². The zero-order valence-electron chi connectivity index (χ0n) is 12.2. The maximum Gasteiger partial charge on any atom is 0.280 e. The second-order valence-electron chi connectivity index (χ2n) is 4.80. The zero-order valence-corrected chi connectivity index (χ0v) is 12.2. The maximum atomic E-state index is 12.2. The molecule has 1 aliphatic carbocycles. The molecule has 7 nitrogen and oxygen atoms in total. The molecular formula is C13H21N3O4. The number of hydrogen-bond donors (Lipinski definition) is 0. The first-order valence-electron chi connectivity index (χ1n) is 6.64. The van der Waals surface area contributed by atoms with E-state index in [0.717, 1.165) is 12.8 Å². The first-order valence-corrected chi connectivity index (χ1v) is 6.64. The van der Waals surface area contributed by atoms with Gasteiger partial charge < -0.3 is 9.47 Å². The first-order chi connectivity index (χ1) is 9.65. The second-order valence-corrected chi connectivity index (χ2v) is 4.80. The van der Waals surface area contributed by atoms with Crippen LogP contribution in [0.3, 0.4) is 0 Å². The molecule has 2 rings (SSSR count). The minimum absolute atomic E-state index is 0.248. The highest BCUT2D eigenvalue weighted by Crippen LogP contribution is 2.23. The Balaban J connectivity index is 2.11. The Morgan fingerprint density at radius 1 is 1.50 bits per heavy atom. The van der Waals surface area contributed by atoms with Gasteiger partial charge in [0.2, 0.25) is 0 Å². The molecule has 0 aromatic carbocycles. The molecule has 1 saturated carbocycles. The largest absolute Gasteiger partial charge is 0.372 e. The number of aromatic nitrogens is 2. The lowest BCUT2D eigenvalue weighted by Crippen LogP contribution is -2.26. The monoisotopic (exact) mass is 283 g/mol. The van der Waals surface area contributed by atoms with E-state index in [0.29, 0.717) is 30.7 Å². The molecule has 0 unspecified atom stereocenters. The fourth-order valence-electron chi connectivity index (χ4n) is 1.93. The van der Waals surface area contributed by atoms with Crippen LogP contribution in [0.25, 0.3) is 0 Å². The second kappa shape index (κ2) is 6.83. The van der Waals surface area contributed by atoms with Gasteiger partial charge in [0, 0.05) is 20.4 Å². The molecule has 1 heterocycles. The van der Waals surface area contributed by atoms with Gasteiger partial charge in [0.1, 0.15) is 12.4 Å². The van der Waals surface area contributed by atoms with Crippen molar-refractivity contribution in [1.82, 2.24) is 14.8 Å². The standard InChI is InChI=1S/C13H21N3O4/c1-15(19-3)13(17)11-7-16(9-18-2)14-12(11)8-20-10-5-4-6-10/h7,10H,4-6,8-9H2,1-3H3. The fraction of sp³-hybridized carbons (Fsp3) is 0.692. The molecule has 1 aromatic heterocycles. The van der Waals surface area contributed by atoms with Crippen LogP contribution in [0.5, 0.6) is 0 Å². The van der Waals surface area contributed by atoms with Crippen molar-refractivity contribution in [2.45, 2.75) is 38.7 Å². The smallest absolute Gasteiger partial charge is 0.280 e. The maximum absolute atomic E-state index is 12.2. The molecule has 0 radical (unpaired) electrons. The molecule has 0 spiro atoms. The van der Waals surface area contributed by atoms with Gasteiger partial charge in [-0.1, -0.05) is 0 Å². The van der Waals surface area contributed by atoms with Crippen LogP contribution in [0.2, 0.25) is 0 Å².